The van der Waals surface area contributed by atoms with Gasteiger partial charge in [-0.15, -0.1) is 24.0 Å². The van der Waals surface area contributed by atoms with Gasteiger partial charge in [0.2, 0.25) is 0 Å². The molecule has 1 atom stereocenters. The highest BCUT2D eigenvalue weighted by Crippen LogP contribution is 2.15. The van der Waals surface area contributed by atoms with E-state index in [0.29, 0.717) is 12.0 Å². The van der Waals surface area contributed by atoms with Gasteiger partial charge in [0.25, 0.3) is 0 Å². The van der Waals surface area contributed by atoms with Crippen LogP contribution < -0.4 is 10.6 Å². The van der Waals surface area contributed by atoms with E-state index in [1.807, 2.05) is 7.05 Å². The van der Waals surface area contributed by atoms with Gasteiger partial charge in [0.15, 0.2) is 5.96 Å². The summed E-state index contributed by atoms with van der Waals surface area (Å²) >= 11 is 0. The van der Waals surface area contributed by atoms with Crippen LogP contribution in [0.1, 0.15) is 33.6 Å². The molecule has 0 aliphatic carbocycles. The minimum Gasteiger partial charge on any atom is -0.379 e. The van der Waals surface area contributed by atoms with Gasteiger partial charge in [-0.1, -0.05) is 20.8 Å². The molecule has 2 aliphatic heterocycles. The molecule has 2 heterocycles. The van der Waals surface area contributed by atoms with Gasteiger partial charge in [-0.3, -0.25) is 9.89 Å². The largest absolute Gasteiger partial charge is 0.379 e. The average molecular weight is 481 g/mol. The lowest BCUT2D eigenvalue weighted by Gasteiger charge is -2.37. The summed E-state index contributed by atoms with van der Waals surface area (Å²) in [6.45, 7) is 16.2. The summed E-state index contributed by atoms with van der Waals surface area (Å²) in [4.78, 5) is 9.50. The second-order valence-electron chi connectivity index (χ2n) is 7.86. The van der Waals surface area contributed by atoms with Gasteiger partial charge >= 0.3 is 0 Å². The Hall–Kier alpha value is -0.120. The van der Waals surface area contributed by atoms with Crippen LogP contribution in [0, 0.1) is 11.8 Å². The van der Waals surface area contributed by atoms with E-state index in [2.05, 4.69) is 46.2 Å². The molecule has 2 aliphatic rings. The molecule has 0 aromatic heterocycles. The molecule has 0 saturated carbocycles. The van der Waals surface area contributed by atoms with Crippen molar-refractivity contribution >= 4 is 29.9 Å². The van der Waals surface area contributed by atoms with Crippen LogP contribution in [-0.2, 0) is 4.74 Å². The number of hydrogen-bond donors (Lipinski definition) is 2. The summed E-state index contributed by atoms with van der Waals surface area (Å²) in [6, 6.07) is 0.519. The zero-order valence-corrected chi connectivity index (χ0v) is 19.5. The van der Waals surface area contributed by atoms with Gasteiger partial charge in [-0.05, 0) is 37.8 Å². The van der Waals surface area contributed by atoms with Crippen molar-refractivity contribution in [2.75, 3.05) is 66.1 Å². The van der Waals surface area contributed by atoms with Gasteiger partial charge in [-0.25, -0.2) is 0 Å². The van der Waals surface area contributed by atoms with Gasteiger partial charge in [0.1, 0.15) is 0 Å². The topological polar surface area (TPSA) is 52.1 Å². The van der Waals surface area contributed by atoms with Crippen LogP contribution in [0.3, 0.4) is 0 Å². The Kier molecular flexibility index (Phi) is 12.1. The molecule has 7 heteroatoms. The predicted molar refractivity (Wildman–Crippen MR) is 121 cm³/mol. The van der Waals surface area contributed by atoms with Crippen LogP contribution in [0.2, 0.25) is 0 Å². The van der Waals surface area contributed by atoms with Crippen LogP contribution in [0.25, 0.3) is 0 Å². The number of nitrogens with one attached hydrogen (secondary N) is 2. The average Bonchev–Trinajstić information content (AvgIpc) is 2.62. The second kappa shape index (κ2) is 13.1. The monoisotopic (exact) mass is 481 g/mol. The highest BCUT2D eigenvalue weighted by molar-refractivity contribution is 14.0. The number of nitrogens with zero attached hydrogens (tertiary/aromatic N) is 3. The first kappa shape index (κ1) is 23.9. The Balaban J connectivity index is 0.00000338. The van der Waals surface area contributed by atoms with E-state index in [9.17, 15) is 0 Å². The van der Waals surface area contributed by atoms with E-state index < -0.39 is 0 Å². The smallest absolute Gasteiger partial charge is 0.191 e. The van der Waals surface area contributed by atoms with Crippen molar-refractivity contribution in [2.45, 2.75) is 39.7 Å². The van der Waals surface area contributed by atoms with Crippen molar-refractivity contribution in [3.05, 3.63) is 0 Å². The molecule has 2 rings (SSSR count). The molecule has 26 heavy (non-hydrogen) atoms. The van der Waals surface area contributed by atoms with Crippen molar-refractivity contribution in [3.63, 3.8) is 0 Å². The zero-order chi connectivity index (χ0) is 18.1. The first-order valence-electron chi connectivity index (χ1n) is 10.1. The maximum Gasteiger partial charge on any atom is 0.191 e. The number of guanidine groups is 1. The molecule has 0 bridgehead atoms. The highest BCUT2D eigenvalue weighted by Gasteiger charge is 2.24. The molecule has 0 aromatic carbocycles. The minimum atomic E-state index is 0. The first-order chi connectivity index (χ1) is 12.1. The normalized spacial score (nSPS) is 22.1. The van der Waals surface area contributed by atoms with Gasteiger partial charge in [0.05, 0.1) is 13.2 Å². The van der Waals surface area contributed by atoms with Crippen LogP contribution in [0.5, 0.6) is 0 Å². The molecule has 0 amide bonds. The molecule has 154 valence electrons. The third-order valence-corrected chi connectivity index (χ3v) is 5.58. The van der Waals surface area contributed by atoms with Crippen LogP contribution >= 0.6 is 24.0 Å². The summed E-state index contributed by atoms with van der Waals surface area (Å²) in [5, 5.41) is 7.01. The van der Waals surface area contributed by atoms with Crippen LogP contribution in [-0.4, -0.2) is 87.9 Å². The second-order valence-corrected chi connectivity index (χ2v) is 7.86. The summed E-state index contributed by atoms with van der Waals surface area (Å²) in [6.07, 6.45) is 2.67. The van der Waals surface area contributed by atoms with E-state index in [1.54, 1.807) is 0 Å². The van der Waals surface area contributed by atoms with Crippen molar-refractivity contribution in [1.29, 1.82) is 0 Å². The van der Waals surface area contributed by atoms with Crippen molar-refractivity contribution in [1.82, 2.24) is 20.4 Å². The number of hydrogen-bond acceptors (Lipinski definition) is 4. The van der Waals surface area contributed by atoms with E-state index >= 15 is 0 Å². The predicted octanol–water partition coefficient (Wildman–Crippen LogP) is 1.86. The summed E-state index contributed by atoms with van der Waals surface area (Å²) in [5.41, 5.74) is 0. The summed E-state index contributed by atoms with van der Waals surface area (Å²) in [7, 11) is 1.86. The Bertz CT molecular complexity index is 393. The Labute approximate surface area is 177 Å². The number of rotatable bonds is 7. The molecule has 2 N–H and O–H groups in total. The van der Waals surface area contributed by atoms with Crippen LogP contribution in [0.15, 0.2) is 4.99 Å². The fourth-order valence-corrected chi connectivity index (χ4v) is 3.74. The van der Waals surface area contributed by atoms with E-state index in [0.717, 1.165) is 57.8 Å². The molecule has 0 aromatic rings. The molecular weight excluding hydrogens is 441 g/mol. The number of aliphatic imine (C=N–C) groups is 1. The van der Waals surface area contributed by atoms with Gasteiger partial charge in [0, 0.05) is 45.8 Å². The molecule has 6 nitrogen and oxygen atoms in total. The fourth-order valence-electron chi connectivity index (χ4n) is 3.74. The quantitative estimate of drug-likeness (QED) is 0.331. The van der Waals surface area contributed by atoms with Crippen LogP contribution in [0.4, 0.5) is 0 Å². The first-order valence-corrected chi connectivity index (χ1v) is 10.1. The molecule has 2 saturated heterocycles. The Morgan fingerprint density at radius 3 is 2.35 bits per heavy atom. The van der Waals surface area contributed by atoms with Crippen molar-refractivity contribution in [3.8, 4) is 0 Å². The van der Waals surface area contributed by atoms with Gasteiger partial charge < -0.3 is 20.3 Å². The number of morpholine rings is 1. The third kappa shape index (κ3) is 8.27. The number of ether oxygens (including phenoxy) is 1. The Morgan fingerprint density at radius 2 is 1.77 bits per heavy atom. The standard InChI is InChI=1S/C19H39N5O.HI/c1-16(2)18(24-11-13-25-14-12-24)15-22-19(20-4)21-7-10-23-8-5-17(3)6-9-23;/h16-18H,5-15H2,1-4H3,(H2,20,21,22);1H. The summed E-state index contributed by atoms with van der Waals surface area (Å²) in [5.74, 6) is 2.43. The SMILES string of the molecule is CN=C(NCCN1CCC(C)CC1)NCC(C(C)C)N1CCOCC1.I. The summed E-state index contributed by atoms with van der Waals surface area (Å²) < 4.78 is 5.49. The van der Waals surface area contributed by atoms with E-state index in [4.69, 9.17) is 4.74 Å². The molecule has 0 spiro atoms. The lowest BCUT2D eigenvalue weighted by Crippen LogP contribution is -2.53. The molecule has 1 unspecified atom stereocenters. The Morgan fingerprint density at radius 1 is 1.12 bits per heavy atom. The van der Waals surface area contributed by atoms with Gasteiger partial charge in [-0.2, -0.15) is 0 Å². The highest BCUT2D eigenvalue weighted by atomic mass is 127. The third-order valence-electron chi connectivity index (χ3n) is 5.58. The lowest BCUT2D eigenvalue weighted by atomic mass is 9.99. The minimum absolute atomic E-state index is 0. The number of halogens is 1. The maximum absolute atomic E-state index is 5.49. The zero-order valence-electron chi connectivity index (χ0n) is 17.2. The fraction of sp³-hybridized carbons (Fsp3) is 0.947. The van der Waals surface area contributed by atoms with E-state index in [-0.39, 0.29) is 24.0 Å². The van der Waals surface area contributed by atoms with E-state index in [1.165, 1.54) is 25.9 Å². The maximum atomic E-state index is 5.49. The lowest BCUT2D eigenvalue weighted by molar-refractivity contribution is 0.00752. The van der Waals surface area contributed by atoms with Crippen molar-refractivity contribution < 1.29 is 4.74 Å². The number of piperidine rings is 1. The number of likely N-dealkylation sites (tertiary alicyclic amines) is 1. The van der Waals surface area contributed by atoms with Crippen molar-refractivity contribution in [2.24, 2.45) is 16.8 Å². The molecule has 0 radical (unpaired) electrons. The molecule has 2 fully saturated rings. The molecular formula is C19H40IN5O.